The van der Waals surface area contributed by atoms with Crippen LogP contribution in [0.1, 0.15) is 68.9 Å². The van der Waals surface area contributed by atoms with Crippen LogP contribution in [0.3, 0.4) is 0 Å². The molecule has 0 bridgehead atoms. The number of carbonyl (C=O) groups is 3. The molecule has 1 aromatic carbocycles. The van der Waals surface area contributed by atoms with E-state index in [4.69, 9.17) is 4.74 Å². The molecule has 0 aliphatic rings. The molecule has 39 heavy (non-hydrogen) atoms. The molecule has 214 valence electrons. The Morgan fingerprint density at radius 2 is 1.67 bits per heavy atom. The lowest BCUT2D eigenvalue weighted by atomic mass is 9.89. The zero-order chi connectivity index (χ0) is 29.5. The molecule has 0 spiro atoms. The zero-order valence-corrected chi connectivity index (χ0v) is 23.1. The van der Waals surface area contributed by atoms with Crippen molar-refractivity contribution >= 4 is 23.5 Å². The molecule has 2 amide bonds. The molecule has 0 radical (unpaired) electrons. The van der Waals surface area contributed by atoms with E-state index in [9.17, 15) is 27.6 Å². The van der Waals surface area contributed by atoms with E-state index in [0.29, 0.717) is 17.2 Å². The number of hydrogen-bond acceptors (Lipinski definition) is 7. The molecular weight excluding hydrogens is 517 g/mol. The standard InChI is InChI=1S/C27H35F3N4O5/c1-16(2)34(39-25(37)27(28,29)30)24(36)21-15-20(38-13-12-32-19-8-10-31-11-9-19)14-17(3)22(21)18(4)23(35)33-26(5,6)7/h8-11,14-16,18H,12-13H2,1-7H3,(H,31,32)(H,33,35). The molecule has 9 nitrogen and oxygen atoms in total. The highest BCUT2D eigenvalue weighted by atomic mass is 19.4. The Kier molecular flexibility index (Phi) is 10.3. The second-order valence-electron chi connectivity index (χ2n) is 10.3. The predicted octanol–water partition coefficient (Wildman–Crippen LogP) is 4.77. The second-order valence-corrected chi connectivity index (χ2v) is 10.3. The maximum Gasteiger partial charge on any atom is 0.493 e. The first-order chi connectivity index (χ1) is 18.0. The van der Waals surface area contributed by atoms with Crippen molar-refractivity contribution in [1.29, 1.82) is 0 Å². The van der Waals surface area contributed by atoms with Crippen LogP contribution in [0.5, 0.6) is 5.75 Å². The van der Waals surface area contributed by atoms with Crippen molar-refractivity contribution in [3.8, 4) is 5.75 Å². The van der Waals surface area contributed by atoms with Gasteiger partial charge in [0.1, 0.15) is 12.4 Å². The number of alkyl halides is 3. The Morgan fingerprint density at radius 1 is 1.05 bits per heavy atom. The van der Waals surface area contributed by atoms with Crippen LogP contribution in [0.4, 0.5) is 18.9 Å². The van der Waals surface area contributed by atoms with Gasteiger partial charge >= 0.3 is 12.1 Å². The van der Waals surface area contributed by atoms with Crippen molar-refractivity contribution in [3.05, 3.63) is 53.3 Å². The SMILES string of the molecule is Cc1cc(OCCNc2ccncc2)cc(C(=O)N(OC(=O)C(F)(F)F)C(C)C)c1C(C)C(=O)NC(C)(C)C. The molecule has 2 aromatic rings. The van der Waals surface area contributed by atoms with Gasteiger partial charge in [-0.1, -0.05) is 0 Å². The average molecular weight is 553 g/mol. The molecule has 0 aliphatic carbocycles. The van der Waals surface area contributed by atoms with Gasteiger partial charge < -0.3 is 20.2 Å². The van der Waals surface area contributed by atoms with Gasteiger partial charge in [0, 0.05) is 30.2 Å². The highest BCUT2D eigenvalue weighted by Crippen LogP contribution is 2.31. The summed E-state index contributed by atoms with van der Waals surface area (Å²) in [5.74, 6) is -4.55. The number of nitrogens with zero attached hydrogens (tertiary/aromatic N) is 2. The smallest absolute Gasteiger partial charge is 0.492 e. The number of carbonyl (C=O) groups excluding carboxylic acids is 3. The first-order valence-electron chi connectivity index (χ1n) is 12.4. The van der Waals surface area contributed by atoms with Crippen molar-refractivity contribution in [2.75, 3.05) is 18.5 Å². The maximum atomic E-state index is 13.6. The fraction of sp³-hybridized carbons (Fsp3) is 0.481. The number of pyridine rings is 1. The topological polar surface area (TPSA) is 110 Å². The quantitative estimate of drug-likeness (QED) is 0.341. The highest BCUT2D eigenvalue weighted by molar-refractivity contribution is 5.99. The Balaban J connectivity index is 2.44. The van der Waals surface area contributed by atoms with Crippen molar-refractivity contribution in [3.63, 3.8) is 0 Å². The molecule has 1 aromatic heterocycles. The van der Waals surface area contributed by atoms with E-state index in [-0.39, 0.29) is 23.5 Å². The largest absolute Gasteiger partial charge is 0.493 e. The van der Waals surface area contributed by atoms with E-state index in [1.54, 1.807) is 65.2 Å². The van der Waals surface area contributed by atoms with Gasteiger partial charge in [0.05, 0.1) is 17.5 Å². The Hall–Kier alpha value is -3.83. The second kappa shape index (κ2) is 12.8. The summed E-state index contributed by atoms with van der Waals surface area (Å²) in [4.78, 5) is 46.6. The molecule has 0 saturated heterocycles. The zero-order valence-electron chi connectivity index (χ0n) is 23.1. The van der Waals surface area contributed by atoms with Gasteiger partial charge in [0.25, 0.3) is 5.91 Å². The van der Waals surface area contributed by atoms with Crippen LogP contribution in [0.15, 0.2) is 36.7 Å². The summed E-state index contributed by atoms with van der Waals surface area (Å²) < 4.78 is 44.6. The van der Waals surface area contributed by atoms with Crippen LogP contribution >= 0.6 is 0 Å². The average Bonchev–Trinajstić information content (AvgIpc) is 2.82. The minimum absolute atomic E-state index is 0.118. The summed E-state index contributed by atoms with van der Waals surface area (Å²) in [6.07, 6.45) is -2.04. The third-order valence-corrected chi connectivity index (χ3v) is 5.38. The Morgan fingerprint density at radius 3 is 2.21 bits per heavy atom. The van der Waals surface area contributed by atoms with E-state index in [1.807, 2.05) is 0 Å². The number of amides is 2. The van der Waals surface area contributed by atoms with Crippen molar-refractivity contribution < 1.29 is 37.1 Å². The lowest BCUT2D eigenvalue weighted by Gasteiger charge is -2.29. The summed E-state index contributed by atoms with van der Waals surface area (Å²) in [6.45, 7) is 12.0. The molecule has 1 heterocycles. The summed E-state index contributed by atoms with van der Waals surface area (Å²) in [7, 11) is 0. The normalized spacial score (nSPS) is 12.5. The summed E-state index contributed by atoms with van der Waals surface area (Å²) in [5, 5.41) is 6.35. The van der Waals surface area contributed by atoms with Gasteiger partial charge in [-0.15, -0.1) is 0 Å². The van der Waals surface area contributed by atoms with E-state index in [2.05, 4.69) is 20.5 Å². The number of anilines is 1. The number of benzene rings is 1. The summed E-state index contributed by atoms with van der Waals surface area (Å²) >= 11 is 0. The van der Waals surface area contributed by atoms with Crippen LogP contribution < -0.4 is 15.4 Å². The molecule has 12 heteroatoms. The fourth-order valence-corrected chi connectivity index (χ4v) is 3.68. The fourth-order valence-electron chi connectivity index (χ4n) is 3.68. The molecular formula is C27H35F3N4O5. The molecule has 2 rings (SSSR count). The van der Waals surface area contributed by atoms with Crippen LogP contribution in [0.25, 0.3) is 0 Å². The third kappa shape index (κ3) is 9.15. The monoisotopic (exact) mass is 552 g/mol. The highest BCUT2D eigenvalue weighted by Gasteiger charge is 2.44. The van der Waals surface area contributed by atoms with Crippen LogP contribution in [-0.4, -0.2) is 58.7 Å². The first-order valence-corrected chi connectivity index (χ1v) is 12.4. The lowest BCUT2D eigenvalue weighted by molar-refractivity contribution is -0.232. The number of aryl methyl sites for hydroxylation is 1. The Labute approximate surface area is 226 Å². The van der Waals surface area contributed by atoms with E-state index < -0.39 is 41.5 Å². The molecule has 2 N–H and O–H groups in total. The third-order valence-electron chi connectivity index (χ3n) is 5.38. The van der Waals surface area contributed by atoms with Gasteiger partial charge in [-0.2, -0.15) is 18.2 Å². The number of nitrogens with one attached hydrogen (secondary N) is 2. The molecule has 1 unspecified atom stereocenters. The molecule has 1 atom stereocenters. The minimum atomic E-state index is -5.31. The van der Waals surface area contributed by atoms with Crippen molar-refractivity contribution in [2.45, 2.75) is 72.1 Å². The van der Waals surface area contributed by atoms with Gasteiger partial charge in [-0.05, 0) is 83.9 Å². The number of rotatable bonds is 9. The first kappa shape index (κ1) is 31.4. The number of ether oxygens (including phenoxy) is 1. The van der Waals surface area contributed by atoms with Crippen LogP contribution in [-0.2, 0) is 14.4 Å². The minimum Gasteiger partial charge on any atom is -0.492 e. The number of hydrogen-bond donors (Lipinski definition) is 2. The number of halogens is 3. The summed E-state index contributed by atoms with van der Waals surface area (Å²) in [5.41, 5.74) is 0.916. The van der Waals surface area contributed by atoms with Gasteiger partial charge in [0.15, 0.2) is 0 Å². The van der Waals surface area contributed by atoms with E-state index in [1.165, 1.54) is 19.9 Å². The van der Waals surface area contributed by atoms with Gasteiger partial charge in [0.2, 0.25) is 5.91 Å². The molecule has 0 aliphatic heterocycles. The summed E-state index contributed by atoms with van der Waals surface area (Å²) in [6, 6.07) is 5.60. The maximum absolute atomic E-state index is 13.6. The predicted molar refractivity (Wildman–Crippen MR) is 139 cm³/mol. The lowest BCUT2D eigenvalue weighted by Crippen LogP contribution is -2.44. The number of aromatic nitrogens is 1. The van der Waals surface area contributed by atoms with Gasteiger partial charge in [-0.25, -0.2) is 4.79 Å². The van der Waals surface area contributed by atoms with Crippen LogP contribution in [0.2, 0.25) is 0 Å². The molecule has 0 saturated carbocycles. The van der Waals surface area contributed by atoms with E-state index >= 15 is 0 Å². The molecule has 0 fully saturated rings. The number of hydroxylamine groups is 2. The van der Waals surface area contributed by atoms with Crippen molar-refractivity contribution in [1.82, 2.24) is 15.4 Å². The van der Waals surface area contributed by atoms with Crippen LogP contribution in [0, 0.1) is 6.92 Å². The van der Waals surface area contributed by atoms with Gasteiger partial charge in [-0.3, -0.25) is 14.6 Å². The van der Waals surface area contributed by atoms with Crippen molar-refractivity contribution in [2.24, 2.45) is 0 Å². The Bertz CT molecular complexity index is 1160. The van der Waals surface area contributed by atoms with E-state index in [0.717, 1.165) is 5.69 Å².